The lowest BCUT2D eigenvalue weighted by molar-refractivity contribution is -0.123. The SMILES string of the molecule is CCN(C(=O)c1nc(C)ccc1Br)C1CCNC1=O. The van der Waals surface area contributed by atoms with Gasteiger partial charge in [-0.1, -0.05) is 0 Å². The van der Waals surface area contributed by atoms with Gasteiger partial charge in [-0.3, -0.25) is 9.59 Å². The number of rotatable bonds is 3. The fourth-order valence-electron chi connectivity index (χ4n) is 2.21. The van der Waals surface area contributed by atoms with E-state index in [1.165, 1.54) is 0 Å². The van der Waals surface area contributed by atoms with Crippen molar-refractivity contribution in [2.24, 2.45) is 0 Å². The van der Waals surface area contributed by atoms with Crippen molar-refractivity contribution in [2.45, 2.75) is 26.3 Å². The van der Waals surface area contributed by atoms with Gasteiger partial charge in [-0.2, -0.15) is 0 Å². The zero-order chi connectivity index (χ0) is 14.0. The van der Waals surface area contributed by atoms with Gasteiger partial charge in [0.05, 0.1) is 0 Å². The average molecular weight is 326 g/mol. The van der Waals surface area contributed by atoms with Crippen LogP contribution in [0.5, 0.6) is 0 Å². The highest BCUT2D eigenvalue weighted by atomic mass is 79.9. The number of pyridine rings is 1. The molecular weight excluding hydrogens is 310 g/mol. The van der Waals surface area contributed by atoms with Crippen LogP contribution in [-0.4, -0.2) is 40.8 Å². The maximum Gasteiger partial charge on any atom is 0.274 e. The Balaban J connectivity index is 2.30. The van der Waals surface area contributed by atoms with E-state index < -0.39 is 0 Å². The average Bonchev–Trinajstić information content (AvgIpc) is 2.80. The molecule has 1 fully saturated rings. The van der Waals surface area contributed by atoms with Crippen molar-refractivity contribution in [1.82, 2.24) is 15.2 Å². The first-order valence-electron chi connectivity index (χ1n) is 6.26. The normalized spacial score (nSPS) is 18.3. The molecule has 1 aliphatic heterocycles. The third-order valence-electron chi connectivity index (χ3n) is 3.19. The number of carbonyl (C=O) groups excluding carboxylic acids is 2. The van der Waals surface area contributed by atoms with Crippen molar-refractivity contribution < 1.29 is 9.59 Å². The molecule has 1 atom stereocenters. The van der Waals surface area contributed by atoms with E-state index >= 15 is 0 Å². The number of nitrogens with zero attached hydrogens (tertiary/aromatic N) is 2. The summed E-state index contributed by atoms with van der Waals surface area (Å²) in [6.07, 6.45) is 0.655. The maximum atomic E-state index is 12.5. The summed E-state index contributed by atoms with van der Waals surface area (Å²) >= 11 is 3.34. The van der Waals surface area contributed by atoms with Crippen LogP contribution in [-0.2, 0) is 4.79 Å². The molecule has 1 unspecified atom stereocenters. The molecule has 2 amide bonds. The molecule has 1 aromatic heterocycles. The number of likely N-dealkylation sites (N-methyl/N-ethyl adjacent to an activating group) is 1. The van der Waals surface area contributed by atoms with Crippen molar-refractivity contribution in [3.63, 3.8) is 0 Å². The lowest BCUT2D eigenvalue weighted by Gasteiger charge is -2.25. The van der Waals surface area contributed by atoms with E-state index in [1.54, 1.807) is 11.0 Å². The third-order valence-corrected chi connectivity index (χ3v) is 3.83. The second-order valence-electron chi connectivity index (χ2n) is 4.47. The summed E-state index contributed by atoms with van der Waals surface area (Å²) in [5, 5.41) is 2.75. The molecule has 2 rings (SSSR count). The van der Waals surface area contributed by atoms with Gasteiger partial charge >= 0.3 is 0 Å². The molecule has 19 heavy (non-hydrogen) atoms. The molecule has 0 saturated carbocycles. The van der Waals surface area contributed by atoms with Crippen molar-refractivity contribution in [3.8, 4) is 0 Å². The third kappa shape index (κ3) is 2.78. The van der Waals surface area contributed by atoms with Crippen LogP contribution in [0.2, 0.25) is 0 Å². The molecule has 2 heterocycles. The predicted octanol–water partition coefficient (Wildman–Crippen LogP) is 1.50. The van der Waals surface area contributed by atoms with Crippen molar-refractivity contribution >= 4 is 27.7 Å². The zero-order valence-electron chi connectivity index (χ0n) is 10.9. The first-order valence-corrected chi connectivity index (χ1v) is 7.05. The minimum Gasteiger partial charge on any atom is -0.354 e. The van der Waals surface area contributed by atoms with Crippen LogP contribution in [0.15, 0.2) is 16.6 Å². The lowest BCUT2D eigenvalue weighted by atomic mass is 10.2. The minimum atomic E-state index is -0.383. The van der Waals surface area contributed by atoms with E-state index in [-0.39, 0.29) is 17.9 Å². The molecule has 1 saturated heterocycles. The lowest BCUT2D eigenvalue weighted by Crippen LogP contribution is -2.44. The maximum absolute atomic E-state index is 12.5. The van der Waals surface area contributed by atoms with Gasteiger partial charge in [0.25, 0.3) is 5.91 Å². The Bertz CT molecular complexity index is 519. The van der Waals surface area contributed by atoms with Crippen molar-refractivity contribution in [1.29, 1.82) is 0 Å². The summed E-state index contributed by atoms with van der Waals surface area (Å²) in [5.74, 6) is -0.292. The molecule has 0 spiro atoms. The summed E-state index contributed by atoms with van der Waals surface area (Å²) in [6.45, 7) is 4.81. The van der Waals surface area contributed by atoms with Crippen LogP contribution in [0.25, 0.3) is 0 Å². The molecular formula is C13H16BrN3O2. The Morgan fingerprint density at radius 2 is 2.32 bits per heavy atom. The Morgan fingerprint density at radius 1 is 1.58 bits per heavy atom. The fourth-order valence-corrected chi connectivity index (χ4v) is 2.60. The molecule has 0 radical (unpaired) electrons. The highest BCUT2D eigenvalue weighted by Crippen LogP contribution is 2.20. The van der Waals surface area contributed by atoms with Crippen LogP contribution in [0.3, 0.4) is 0 Å². The molecule has 5 nitrogen and oxygen atoms in total. The standard InChI is InChI=1S/C13H16BrN3O2/c1-3-17(10-6-7-15-12(10)18)13(19)11-9(14)5-4-8(2)16-11/h4-5,10H,3,6-7H2,1-2H3,(H,15,18). The second kappa shape index (κ2) is 5.69. The summed E-state index contributed by atoms with van der Waals surface area (Å²) in [5.41, 5.74) is 1.14. The summed E-state index contributed by atoms with van der Waals surface area (Å²) in [4.78, 5) is 30.1. The molecule has 0 bridgehead atoms. The molecule has 1 N–H and O–H groups in total. The van der Waals surface area contributed by atoms with E-state index in [9.17, 15) is 9.59 Å². The van der Waals surface area contributed by atoms with Crippen LogP contribution >= 0.6 is 15.9 Å². The number of aromatic nitrogens is 1. The number of hydrogen-bond acceptors (Lipinski definition) is 3. The fraction of sp³-hybridized carbons (Fsp3) is 0.462. The number of hydrogen-bond donors (Lipinski definition) is 1. The van der Waals surface area contributed by atoms with Crippen molar-refractivity contribution in [2.75, 3.05) is 13.1 Å². The monoisotopic (exact) mass is 325 g/mol. The Labute approximate surface area is 120 Å². The molecule has 0 aliphatic carbocycles. The molecule has 1 aliphatic rings. The molecule has 102 valence electrons. The highest BCUT2D eigenvalue weighted by molar-refractivity contribution is 9.10. The summed E-state index contributed by atoms with van der Waals surface area (Å²) in [6, 6.07) is 3.25. The first kappa shape index (κ1) is 14.0. The Hall–Kier alpha value is -1.43. The summed E-state index contributed by atoms with van der Waals surface area (Å²) < 4.78 is 0.653. The first-order chi connectivity index (χ1) is 9.04. The van der Waals surface area contributed by atoms with Gasteiger partial charge in [0.1, 0.15) is 11.7 Å². The molecule has 1 aromatic rings. The van der Waals surface area contributed by atoms with Crippen LogP contribution < -0.4 is 5.32 Å². The van der Waals surface area contributed by atoms with Crippen LogP contribution in [0.4, 0.5) is 0 Å². The van der Waals surface area contributed by atoms with E-state index in [0.717, 1.165) is 5.69 Å². The van der Waals surface area contributed by atoms with Crippen molar-refractivity contribution in [3.05, 3.63) is 28.0 Å². The van der Waals surface area contributed by atoms with Crippen LogP contribution in [0, 0.1) is 6.92 Å². The minimum absolute atomic E-state index is 0.0843. The van der Waals surface area contributed by atoms with Crippen LogP contribution in [0.1, 0.15) is 29.5 Å². The largest absolute Gasteiger partial charge is 0.354 e. The topological polar surface area (TPSA) is 62.3 Å². The smallest absolute Gasteiger partial charge is 0.274 e. The predicted molar refractivity (Wildman–Crippen MR) is 74.8 cm³/mol. The summed E-state index contributed by atoms with van der Waals surface area (Å²) in [7, 11) is 0. The van der Waals surface area contributed by atoms with E-state index in [0.29, 0.717) is 29.7 Å². The Morgan fingerprint density at radius 3 is 2.89 bits per heavy atom. The quantitative estimate of drug-likeness (QED) is 0.916. The molecule has 6 heteroatoms. The van der Waals surface area contributed by atoms with Gasteiger partial charge in [-0.25, -0.2) is 4.98 Å². The van der Waals surface area contributed by atoms with Gasteiger partial charge in [0, 0.05) is 23.3 Å². The van der Waals surface area contributed by atoms with Gasteiger partial charge in [-0.15, -0.1) is 0 Å². The zero-order valence-corrected chi connectivity index (χ0v) is 12.5. The van der Waals surface area contributed by atoms with Gasteiger partial charge in [0.15, 0.2) is 0 Å². The Kier molecular flexibility index (Phi) is 4.19. The number of amides is 2. The number of nitrogens with one attached hydrogen (secondary N) is 1. The van der Waals surface area contributed by atoms with E-state index in [1.807, 2.05) is 19.9 Å². The molecule has 0 aromatic carbocycles. The van der Waals surface area contributed by atoms with Gasteiger partial charge in [0.2, 0.25) is 5.91 Å². The number of aryl methyl sites for hydroxylation is 1. The number of halogens is 1. The number of carbonyl (C=O) groups is 2. The van der Waals surface area contributed by atoms with E-state index in [4.69, 9.17) is 0 Å². The van der Waals surface area contributed by atoms with Gasteiger partial charge < -0.3 is 10.2 Å². The highest BCUT2D eigenvalue weighted by Gasteiger charge is 2.33. The van der Waals surface area contributed by atoms with Gasteiger partial charge in [-0.05, 0) is 48.3 Å². The van der Waals surface area contributed by atoms with E-state index in [2.05, 4.69) is 26.2 Å². The second-order valence-corrected chi connectivity index (χ2v) is 5.32.